The van der Waals surface area contributed by atoms with Crippen LogP contribution in [0.4, 0.5) is 5.95 Å². The highest BCUT2D eigenvalue weighted by atomic mass is 32.1. The first-order valence-electron chi connectivity index (χ1n) is 8.53. The highest BCUT2D eigenvalue weighted by Crippen LogP contribution is 2.29. The molecule has 26 heavy (non-hydrogen) atoms. The molecule has 4 rings (SSSR count). The molecule has 6 nitrogen and oxygen atoms in total. The summed E-state index contributed by atoms with van der Waals surface area (Å²) in [6.45, 7) is 3.54. The minimum Gasteiger partial charge on any atom is -0.347 e. The number of carbonyl (C=O) groups is 1. The van der Waals surface area contributed by atoms with Gasteiger partial charge in [0.15, 0.2) is 0 Å². The predicted molar refractivity (Wildman–Crippen MR) is 105 cm³/mol. The summed E-state index contributed by atoms with van der Waals surface area (Å²) in [5.74, 6) is 0.683. The maximum atomic E-state index is 12.8. The normalized spacial score (nSPS) is 17.3. The third kappa shape index (κ3) is 3.61. The predicted octanol–water partition coefficient (Wildman–Crippen LogP) is 3.37. The first kappa shape index (κ1) is 17.1. The van der Waals surface area contributed by atoms with Crippen molar-refractivity contribution in [2.24, 2.45) is 0 Å². The summed E-state index contributed by atoms with van der Waals surface area (Å²) >= 11 is 3.09. The van der Waals surface area contributed by atoms with Crippen LogP contribution in [0.15, 0.2) is 35.3 Å². The second-order valence-corrected chi connectivity index (χ2v) is 8.03. The molecule has 0 aromatic carbocycles. The van der Waals surface area contributed by atoms with Crippen molar-refractivity contribution in [3.63, 3.8) is 0 Å². The average molecular weight is 386 g/mol. The molecule has 0 saturated carbocycles. The van der Waals surface area contributed by atoms with Crippen molar-refractivity contribution in [3.8, 4) is 10.6 Å². The lowest BCUT2D eigenvalue weighted by atomic mass is 10.1. The molecular weight excluding hydrogens is 366 g/mol. The van der Waals surface area contributed by atoms with E-state index in [0.29, 0.717) is 4.88 Å². The van der Waals surface area contributed by atoms with Crippen LogP contribution in [0.5, 0.6) is 0 Å². The van der Waals surface area contributed by atoms with Crippen LogP contribution in [0.3, 0.4) is 0 Å². The van der Waals surface area contributed by atoms with Gasteiger partial charge in [-0.15, -0.1) is 11.3 Å². The summed E-state index contributed by atoms with van der Waals surface area (Å²) in [5, 5.41) is 8.15. The minimum atomic E-state index is -0.0395. The average Bonchev–Trinajstić information content (AvgIpc) is 3.32. The molecule has 0 spiro atoms. The van der Waals surface area contributed by atoms with Gasteiger partial charge in [-0.3, -0.25) is 4.79 Å². The Labute approximate surface area is 160 Å². The summed E-state index contributed by atoms with van der Waals surface area (Å²) in [4.78, 5) is 28.8. The lowest BCUT2D eigenvalue weighted by Crippen LogP contribution is -2.48. The summed E-state index contributed by atoms with van der Waals surface area (Å²) in [5.41, 5.74) is 1.86. The van der Waals surface area contributed by atoms with Crippen LogP contribution < -0.4 is 10.2 Å². The van der Waals surface area contributed by atoms with Gasteiger partial charge in [-0.2, -0.15) is 11.3 Å². The summed E-state index contributed by atoms with van der Waals surface area (Å²) < 4.78 is 0. The smallest absolute Gasteiger partial charge is 0.263 e. The number of hydrogen-bond donors (Lipinski definition) is 1. The van der Waals surface area contributed by atoms with Crippen molar-refractivity contribution < 1.29 is 4.79 Å². The van der Waals surface area contributed by atoms with Crippen molar-refractivity contribution in [1.29, 1.82) is 0 Å². The number of aryl methyl sites for hydroxylation is 1. The van der Waals surface area contributed by atoms with E-state index >= 15 is 0 Å². The molecule has 0 aliphatic carbocycles. The number of piperidine rings is 1. The van der Waals surface area contributed by atoms with E-state index in [0.717, 1.165) is 48.1 Å². The van der Waals surface area contributed by atoms with Crippen LogP contribution in [0.2, 0.25) is 0 Å². The van der Waals surface area contributed by atoms with Crippen molar-refractivity contribution in [2.45, 2.75) is 25.8 Å². The van der Waals surface area contributed by atoms with E-state index in [-0.39, 0.29) is 11.9 Å². The molecule has 0 bridgehead atoms. The molecule has 3 aromatic rings. The molecule has 8 heteroatoms. The molecule has 1 amide bonds. The monoisotopic (exact) mass is 385 g/mol. The molecule has 1 atom stereocenters. The van der Waals surface area contributed by atoms with Gasteiger partial charge in [-0.25, -0.2) is 15.0 Å². The number of amides is 1. The SMILES string of the molecule is Cc1nc(-c2ccsc2)sc1C(=O)NC1CCCN(c2ncccn2)C1. The maximum absolute atomic E-state index is 12.8. The second kappa shape index (κ2) is 7.51. The Kier molecular flexibility index (Phi) is 4.94. The molecule has 0 radical (unpaired) electrons. The molecule has 1 unspecified atom stereocenters. The maximum Gasteiger partial charge on any atom is 0.263 e. The van der Waals surface area contributed by atoms with E-state index in [1.165, 1.54) is 11.3 Å². The van der Waals surface area contributed by atoms with E-state index in [9.17, 15) is 4.79 Å². The summed E-state index contributed by atoms with van der Waals surface area (Å²) in [6.07, 6.45) is 5.46. The lowest BCUT2D eigenvalue weighted by molar-refractivity contribution is 0.0936. The van der Waals surface area contributed by atoms with Gasteiger partial charge >= 0.3 is 0 Å². The second-order valence-electron chi connectivity index (χ2n) is 6.25. The molecule has 4 heterocycles. The largest absolute Gasteiger partial charge is 0.347 e. The third-order valence-electron chi connectivity index (χ3n) is 4.36. The van der Waals surface area contributed by atoms with E-state index in [2.05, 4.69) is 30.5 Å². The molecule has 1 aliphatic rings. The fraction of sp³-hybridized carbons (Fsp3) is 0.333. The zero-order chi connectivity index (χ0) is 17.9. The number of nitrogens with zero attached hydrogens (tertiary/aromatic N) is 4. The Morgan fingerprint density at radius 2 is 2.19 bits per heavy atom. The fourth-order valence-electron chi connectivity index (χ4n) is 3.10. The van der Waals surface area contributed by atoms with Crippen LogP contribution in [0.25, 0.3) is 10.6 Å². The first-order chi connectivity index (χ1) is 12.7. The van der Waals surface area contributed by atoms with Crippen molar-refractivity contribution in [1.82, 2.24) is 20.3 Å². The number of hydrogen-bond acceptors (Lipinski definition) is 7. The third-order valence-corrected chi connectivity index (χ3v) is 6.25. The van der Waals surface area contributed by atoms with Gasteiger partial charge in [0.25, 0.3) is 5.91 Å². The standard InChI is InChI=1S/C18H19N5OS2/c1-12-15(26-17(21-12)13-5-9-25-11-13)16(24)22-14-4-2-8-23(10-14)18-19-6-3-7-20-18/h3,5-7,9,11,14H,2,4,8,10H2,1H3,(H,22,24). The van der Waals surface area contributed by atoms with E-state index < -0.39 is 0 Å². The number of thiazole rings is 1. The molecule has 3 aromatic heterocycles. The number of nitrogens with one attached hydrogen (secondary N) is 1. The summed E-state index contributed by atoms with van der Waals surface area (Å²) in [7, 11) is 0. The number of carbonyl (C=O) groups excluding carboxylic acids is 1. The van der Waals surface area contributed by atoms with Crippen LogP contribution in [0, 0.1) is 6.92 Å². The zero-order valence-electron chi connectivity index (χ0n) is 14.4. The van der Waals surface area contributed by atoms with Gasteiger partial charge in [0.2, 0.25) is 5.95 Å². The van der Waals surface area contributed by atoms with Crippen LogP contribution in [-0.4, -0.2) is 40.0 Å². The molecule has 134 valence electrons. The quantitative estimate of drug-likeness (QED) is 0.746. The Morgan fingerprint density at radius 1 is 1.35 bits per heavy atom. The first-order valence-corrected chi connectivity index (χ1v) is 10.3. The van der Waals surface area contributed by atoms with Crippen molar-refractivity contribution >= 4 is 34.5 Å². The Hall–Kier alpha value is -2.32. The Morgan fingerprint density at radius 3 is 2.96 bits per heavy atom. The molecule has 1 saturated heterocycles. The van der Waals surface area contributed by atoms with Gasteiger partial charge in [0.1, 0.15) is 9.88 Å². The molecule has 1 fully saturated rings. The van der Waals surface area contributed by atoms with E-state index in [1.54, 1.807) is 23.7 Å². The van der Waals surface area contributed by atoms with Gasteiger partial charge in [0, 0.05) is 42.5 Å². The summed E-state index contributed by atoms with van der Waals surface area (Å²) in [6, 6.07) is 3.93. The van der Waals surface area contributed by atoms with E-state index in [1.807, 2.05) is 24.4 Å². The van der Waals surface area contributed by atoms with Crippen molar-refractivity contribution in [2.75, 3.05) is 18.0 Å². The minimum absolute atomic E-state index is 0.0395. The van der Waals surface area contributed by atoms with Crippen LogP contribution >= 0.6 is 22.7 Å². The zero-order valence-corrected chi connectivity index (χ0v) is 16.0. The molecule has 1 aliphatic heterocycles. The van der Waals surface area contributed by atoms with Crippen LogP contribution in [-0.2, 0) is 0 Å². The number of anilines is 1. The lowest BCUT2D eigenvalue weighted by Gasteiger charge is -2.33. The highest BCUT2D eigenvalue weighted by molar-refractivity contribution is 7.17. The van der Waals surface area contributed by atoms with Crippen molar-refractivity contribution in [3.05, 3.63) is 45.9 Å². The van der Waals surface area contributed by atoms with Gasteiger partial charge < -0.3 is 10.2 Å². The molecular formula is C18H19N5OS2. The van der Waals surface area contributed by atoms with Gasteiger partial charge in [-0.05, 0) is 37.3 Å². The van der Waals surface area contributed by atoms with Crippen LogP contribution in [0.1, 0.15) is 28.2 Å². The molecule has 1 N–H and O–H groups in total. The number of aromatic nitrogens is 3. The van der Waals surface area contributed by atoms with E-state index in [4.69, 9.17) is 0 Å². The Bertz CT molecular complexity index is 878. The fourth-order valence-corrected chi connectivity index (χ4v) is 4.78. The number of thiophene rings is 1. The number of rotatable bonds is 4. The topological polar surface area (TPSA) is 71.0 Å². The Balaban J connectivity index is 1.45. The van der Waals surface area contributed by atoms with Gasteiger partial charge in [-0.1, -0.05) is 0 Å². The van der Waals surface area contributed by atoms with Gasteiger partial charge in [0.05, 0.1) is 5.69 Å². The highest BCUT2D eigenvalue weighted by Gasteiger charge is 2.25.